The molecule has 158 valence electrons. The van der Waals surface area contributed by atoms with Crippen LogP contribution in [-0.4, -0.2) is 61.7 Å². The standard InChI is InChI=1S/C22H25FN4O2S/c1-2-29-18-7-4-8-19-20(18)25-22(30-19)27-13-11-26(12-14-27)10-9-24-21(28)16-5-3-6-17(23)15-16/h3-8,15H,2,9-14H2,1H3,(H,24,28). The largest absolute Gasteiger partial charge is 0.492 e. The number of ether oxygens (including phenoxy) is 1. The van der Waals surface area contributed by atoms with E-state index in [0.717, 1.165) is 53.8 Å². The van der Waals surface area contributed by atoms with E-state index in [2.05, 4.69) is 21.2 Å². The van der Waals surface area contributed by atoms with Crippen LogP contribution in [0.15, 0.2) is 42.5 Å². The Kier molecular flexibility index (Phi) is 6.44. The van der Waals surface area contributed by atoms with Gasteiger partial charge in [-0.05, 0) is 37.3 Å². The van der Waals surface area contributed by atoms with Gasteiger partial charge in [0.25, 0.3) is 5.91 Å². The molecular weight excluding hydrogens is 403 g/mol. The van der Waals surface area contributed by atoms with E-state index in [0.29, 0.717) is 18.7 Å². The molecule has 1 saturated heterocycles. The van der Waals surface area contributed by atoms with Crippen molar-refractivity contribution in [1.82, 2.24) is 15.2 Å². The fourth-order valence-corrected chi connectivity index (χ4v) is 4.58. The molecule has 3 aromatic rings. The van der Waals surface area contributed by atoms with E-state index in [1.54, 1.807) is 23.5 Å². The number of aromatic nitrogens is 1. The molecule has 6 nitrogen and oxygen atoms in total. The van der Waals surface area contributed by atoms with Crippen LogP contribution < -0.4 is 15.0 Å². The fourth-order valence-electron chi connectivity index (χ4n) is 3.54. The van der Waals surface area contributed by atoms with Crippen molar-refractivity contribution < 1.29 is 13.9 Å². The van der Waals surface area contributed by atoms with Gasteiger partial charge in [-0.15, -0.1) is 0 Å². The number of halogens is 1. The highest BCUT2D eigenvalue weighted by atomic mass is 32.1. The SMILES string of the molecule is CCOc1cccc2sc(N3CCN(CCNC(=O)c4cccc(F)c4)CC3)nc12. The van der Waals surface area contributed by atoms with Gasteiger partial charge in [0.2, 0.25) is 0 Å². The molecule has 30 heavy (non-hydrogen) atoms. The number of nitrogens with zero attached hydrogens (tertiary/aromatic N) is 3. The number of hydrogen-bond acceptors (Lipinski definition) is 6. The minimum atomic E-state index is -0.401. The summed E-state index contributed by atoms with van der Waals surface area (Å²) in [5, 5.41) is 3.89. The number of carbonyl (C=O) groups is 1. The van der Waals surface area contributed by atoms with Crippen LogP contribution in [0.2, 0.25) is 0 Å². The molecule has 1 aliphatic rings. The van der Waals surface area contributed by atoms with Crippen molar-refractivity contribution in [1.29, 1.82) is 0 Å². The maximum Gasteiger partial charge on any atom is 0.251 e. The highest BCUT2D eigenvalue weighted by Crippen LogP contribution is 2.34. The van der Waals surface area contributed by atoms with Crippen LogP contribution in [0.3, 0.4) is 0 Å². The van der Waals surface area contributed by atoms with E-state index in [1.807, 2.05) is 19.1 Å². The molecule has 1 amide bonds. The minimum Gasteiger partial charge on any atom is -0.492 e. The van der Waals surface area contributed by atoms with Gasteiger partial charge in [-0.2, -0.15) is 0 Å². The Hall–Kier alpha value is -2.71. The van der Waals surface area contributed by atoms with Gasteiger partial charge in [-0.25, -0.2) is 9.37 Å². The normalized spacial score (nSPS) is 14.8. The van der Waals surface area contributed by atoms with E-state index in [9.17, 15) is 9.18 Å². The van der Waals surface area contributed by atoms with Crippen LogP contribution in [0, 0.1) is 5.82 Å². The lowest BCUT2D eigenvalue weighted by Gasteiger charge is -2.34. The summed E-state index contributed by atoms with van der Waals surface area (Å²) >= 11 is 1.69. The first-order valence-corrected chi connectivity index (χ1v) is 11.0. The predicted molar refractivity (Wildman–Crippen MR) is 118 cm³/mol. The molecule has 0 radical (unpaired) electrons. The molecular formula is C22H25FN4O2S. The Bertz CT molecular complexity index is 1020. The molecule has 1 aromatic heterocycles. The van der Waals surface area contributed by atoms with E-state index < -0.39 is 5.82 Å². The zero-order chi connectivity index (χ0) is 20.9. The zero-order valence-corrected chi connectivity index (χ0v) is 17.8. The minimum absolute atomic E-state index is 0.243. The topological polar surface area (TPSA) is 57.7 Å². The molecule has 0 unspecified atom stereocenters. The lowest BCUT2D eigenvalue weighted by molar-refractivity contribution is 0.0947. The quantitative estimate of drug-likeness (QED) is 0.625. The van der Waals surface area contributed by atoms with Crippen molar-refractivity contribution in [2.24, 2.45) is 0 Å². The summed E-state index contributed by atoms with van der Waals surface area (Å²) in [6, 6.07) is 11.8. The van der Waals surface area contributed by atoms with E-state index in [1.165, 1.54) is 12.1 Å². The maximum absolute atomic E-state index is 13.2. The predicted octanol–water partition coefficient (Wildman–Crippen LogP) is 3.39. The number of para-hydroxylation sites is 1. The van der Waals surface area contributed by atoms with Crippen LogP contribution in [0.1, 0.15) is 17.3 Å². The maximum atomic E-state index is 13.2. The van der Waals surface area contributed by atoms with Crippen LogP contribution >= 0.6 is 11.3 Å². The van der Waals surface area contributed by atoms with Gasteiger partial charge in [-0.3, -0.25) is 9.69 Å². The second kappa shape index (κ2) is 9.40. The number of hydrogen-bond donors (Lipinski definition) is 1. The molecule has 8 heteroatoms. The summed E-state index contributed by atoms with van der Waals surface area (Å²) in [4.78, 5) is 21.6. The number of piperazine rings is 1. The number of amides is 1. The molecule has 0 bridgehead atoms. The van der Waals surface area contributed by atoms with Gasteiger partial charge < -0.3 is 15.0 Å². The average molecular weight is 429 g/mol. The number of nitrogens with one attached hydrogen (secondary N) is 1. The fraction of sp³-hybridized carbons (Fsp3) is 0.364. The average Bonchev–Trinajstić information content (AvgIpc) is 3.20. The van der Waals surface area contributed by atoms with Crippen molar-refractivity contribution in [3.63, 3.8) is 0 Å². The highest BCUT2D eigenvalue weighted by Gasteiger charge is 2.20. The van der Waals surface area contributed by atoms with E-state index >= 15 is 0 Å². The lowest BCUT2D eigenvalue weighted by Crippen LogP contribution is -2.48. The number of thiazole rings is 1. The Morgan fingerprint density at radius 2 is 2.00 bits per heavy atom. The second-order valence-corrected chi connectivity index (χ2v) is 8.14. The summed E-state index contributed by atoms with van der Waals surface area (Å²) in [6.07, 6.45) is 0. The molecule has 1 fully saturated rings. The zero-order valence-electron chi connectivity index (χ0n) is 16.9. The number of fused-ring (bicyclic) bond motifs is 1. The Morgan fingerprint density at radius 1 is 1.20 bits per heavy atom. The molecule has 0 aliphatic carbocycles. The molecule has 2 heterocycles. The van der Waals surface area contributed by atoms with Crippen molar-refractivity contribution in [2.45, 2.75) is 6.92 Å². The smallest absolute Gasteiger partial charge is 0.251 e. The third-order valence-corrected chi connectivity index (χ3v) is 6.20. The molecule has 1 aliphatic heterocycles. The lowest BCUT2D eigenvalue weighted by atomic mass is 10.2. The van der Waals surface area contributed by atoms with Crippen molar-refractivity contribution in [2.75, 3.05) is 50.8 Å². The monoisotopic (exact) mass is 428 g/mol. The van der Waals surface area contributed by atoms with Crippen LogP contribution in [0.4, 0.5) is 9.52 Å². The third kappa shape index (κ3) is 4.71. The van der Waals surface area contributed by atoms with Crippen molar-refractivity contribution >= 4 is 32.6 Å². The summed E-state index contributed by atoms with van der Waals surface area (Å²) < 4.78 is 20.1. The number of carbonyl (C=O) groups excluding carboxylic acids is 1. The van der Waals surface area contributed by atoms with Crippen molar-refractivity contribution in [3.05, 3.63) is 53.8 Å². The van der Waals surface area contributed by atoms with Crippen LogP contribution in [0.25, 0.3) is 10.2 Å². The molecule has 0 atom stereocenters. The molecule has 4 rings (SSSR count). The summed E-state index contributed by atoms with van der Waals surface area (Å²) in [5.41, 5.74) is 1.28. The first-order valence-electron chi connectivity index (χ1n) is 10.2. The summed E-state index contributed by atoms with van der Waals surface area (Å²) in [5.74, 6) is 0.194. The van der Waals surface area contributed by atoms with Gasteiger partial charge in [0.15, 0.2) is 5.13 Å². The number of benzene rings is 2. The second-order valence-electron chi connectivity index (χ2n) is 7.13. The van der Waals surface area contributed by atoms with E-state index in [-0.39, 0.29) is 5.91 Å². The molecule has 0 saturated carbocycles. The first kappa shape index (κ1) is 20.6. The summed E-state index contributed by atoms with van der Waals surface area (Å²) in [7, 11) is 0. The number of anilines is 1. The summed E-state index contributed by atoms with van der Waals surface area (Å²) in [6.45, 7) is 7.50. The molecule has 1 N–H and O–H groups in total. The van der Waals surface area contributed by atoms with Gasteiger partial charge in [0.05, 0.1) is 11.3 Å². The van der Waals surface area contributed by atoms with Crippen molar-refractivity contribution in [3.8, 4) is 5.75 Å². The van der Waals surface area contributed by atoms with Crippen LogP contribution in [0.5, 0.6) is 5.75 Å². The highest BCUT2D eigenvalue weighted by molar-refractivity contribution is 7.22. The van der Waals surface area contributed by atoms with Crippen LogP contribution in [-0.2, 0) is 0 Å². The Labute approximate surface area is 179 Å². The van der Waals surface area contributed by atoms with E-state index in [4.69, 9.17) is 9.72 Å². The Balaban J connectivity index is 1.27. The van der Waals surface area contributed by atoms with Gasteiger partial charge >= 0.3 is 0 Å². The Morgan fingerprint density at radius 3 is 2.77 bits per heavy atom. The molecule has 0 spiro atoms. The molecule has 2 aromatic carbocycles. The first-order chi connectivity index (χ1) is 14.6. The third-order valence-electron chi connectivity index (χ3n) is 5.11. The number of rotatable bonds is 7. The van der Waals surface area contributed by atoms with Gasteiger partial charge in [0, 0.05) is 44.8 Å². The van der Waals surface area contributed by atoms with Gasteiger partial charge in [-0.1, -0.05) is 23.5 Å². The van der Waals surface area contributed by atoms with Gasteiger partial charge in [0.1, 0.15) is 17.1 Å².